The van der Waals surface area contributed by atoms with Gasteiger partial charge in [-0.15, -0.1) is 12.8 Å². The van der Waals surface area contributed by atoms with E-state index >= 15 is 0 Å². The molecule has 0 amide bonds. The van der Waals surface area contributed by atoms with Crippen LogP contribution in [0.3, 0.4) is 0 Å². The molecule has 2 rings (SSSR count). The van der Waals surface area contributed by atoms with E-state index in [2.05, 4.69) is 50.3 Å². The smallest absolute Gasteiger partial charge is 0 e. The summed E-state index contributed by atoms with van der Waals surface area (Å²) >= 11 is 0. The molecule has 79 valence electrons. The molecular weight excluding hydrogens is 307 g/mol. The molecule has 0 saturated carbocycles. The number of hydrogen-bond donors (Lipinski definition) is 0. The maximum absolute atomic E-state index is 3.21. The average molecular weight is 325 g/mol. The Morgan fingerprint density at radius 2 is 1.33 bits per heavy atom. The van der Waals surface area contributed by atoms with Gasteiger partial charge in [-0.2, -0.15) is 12.2 Å². The second kappa shape index (κ2) is 9.39. The SMILES string of the molecule is CCC1=[C-]CC=C1.CCC1=[C-]CC=C1.[La]. The minimum Gasteiger partial charge on any atom is -0.270 e. The molecule has 0 fully saturated rings. The van der Waals surface area contributed by atoms with Crippen LogP contribution in [0.1, 0.15) is 39.5 Å². The zero-order valence-electron chi connectivity index (χ0n) is 9.72. The molecule has 2 aliphatic rings. The molecule has 0 unspecified atom stereocenters. The van der Waals surface area contributed by atoms with Crippen molar-refractivity contribution in [3.05, 3.63) is 47.6 Å². The van der Waals surface area contributed by atoms with E-state index in [-0.39, 0.29) is 35.6 Å². The number of hydrogen-bond acceptors (Lipinski definition) is 0. The van der Waals surface area contributed by atoms with Gasteiger partial charge in [0.2, 0.25) is 0 Å². The van der Waals surface area contributed by atoms with Crippen molar-refractivity contribution in [2.45, 2.75) is 39.5 Å². The van der Waals surface area contributed by atoms with E-state index in [1.165, 1.54) is 11.1 Å². The van der Waals surface area contributed by atoms with E-state index < -0.39 is 0 Å². The maximum Gasteiger partial charge on any atom is 0 e. The summed E-state index contributed by atoms with van der Waals surface area (Å²) in [5.41, 5.74) is 2.72. The zero-order valence-corrected chi connectivity index (χ0v) is 13.3. The maximum atomic E-state index is 3.21. The molecular formula is C14H18La-2. The van der Waals surface area contributed by atoms with Gasteiger partial charge in [0.25, 0.3) is 0 Å². The average Bonchev–Trinajstić information content (AvgIpc) is 2.92. The molecule has 0 heterocycles. The van der Waals surface area contributed by atoms with Gasteiger partial charge >= 0.3 is 0 Å². The Labute approximate surface area is 122 Å². The molecule has 0 atom stereocenters. The zero-order chi connectivity index (χ0) is 10.2. The molecule has 15 heavy (non-hydrogen) atoms. The quantitative estimate of drug-likeness (QED) is 0.669. The fourth-order valence-electron chi connectivity index (χ4n) is 1.39. The van der Waals surface area contributed by atoms with Crippen LogP contribution in [0.25, 0.3) is 0 Å². The third kappa shape index (κ3) is 6.34. The molecule has 0 saturated heterocycles. The fourth-order valence-corrected chi connectivity index (χ4v) is 1.39. The van der Waals surface area contributed by atoms with Crippen LogP contribution >= 0.6 is 0 Å². The van der Waals surface area contributed by atoms with Gasteiger partial charge in [0.15, 0.2) is 0 Å². The molecule has 0 spiro atoms. The van der Waals surface area contributed by atoms with Crippen LogP contribution in [0.2, 0.25) is 0 Å². The summed E-state index contributed by atoms with van der Waals surface area (Å²) < 4.78 is 0. The molecule has 2 aliphatic carbocycles. The van der Waals surface area contributed by atoms with Crippen LogP contribution in [-0.4, -0.2) is 0 Å². The Morgan fingerprint density at radius 1 is 0.933 bits per heavy atom. The minimum atomic E-state index is 0. The first-order valence-electron chi connectivity index (χ1n) is 5.39. The third-order valence-corrected chi connectivity index (χ3v) is 2.29. The molecule has 0 aromatic heterocycles. The van der Waals surface area contributed by atoms with Crippen molar-refractivity contribution in [1.82, 2.24) is 0 Å². The molecule has 0 aliphatic heterocycles. The second-order valence-corrected chi connectivity index (χ2v) is 3.32. The first-order valence-corrected chi connectivity index (χ1v) is 5.39. The first-order chi connectivity index (χ1) is 6.86. The van der Waals surface area contributed by atoms with Crippen molar-refractivity contribution < 1.29 is 35.6 Å². The van der Waals surface area contributed by atoms with E-state index in [0.29, 0.717) is 0 Å². The van der Waals surface area contributed by atoms with Gasteiger partial charge in [0.05, 0.1) is 0 Å². The summed E-state index contributed by atoms with van der Waals surface area (Å²) in [6.07, 6.45) is 19.3. The molecule has 1 radical (unpaired) electrons. The largest absolute Gasteiger partial charge is 0.270 e. The Kier molecular flexibility index (Phi) is 9.48. The Hall–Kier alpha value is 0.155. The Balaban J connectivity index is 0.000000245. The minimum absolute atomic E-state index is 0. The van der Waals surface area contributed by atoms with Crippen molar-refractivity contribution in [3.63, 3.8) is 0 Å². The van der Waals surface area contributed by atoms with Crippen LogP contribution in [0.4, 0.5) is 0 Å². The van der Waals surface area contributed by atoms with Crippen molar-refractivity contribution in [2.24, 2.45) is 0 Å². The predicted octanol–water partition coefficient (Wildman–Crippen LogP) is 4.17. The summed E-state index contributed by atoms with van der Waals surface area (Å²) in [5.74, 6) is 0. The van der Waals surface area contributed by atoms with Gasteiger partial charge in [-0.1, -0.05) is 26.7 Å². The van der Waals surface area contributed by atoms with E-state index in [4.69, 9.17) is 0 Å². The molecule has 1 heteroatoms. The Bertz CT molecular complexity index is 250. The van der Waals surface area contributed by atoms with Crippen LogP contribution < -0.4 is 0 Å². The molecule has 0 bridgehead atoms. The van der Waals surface area contributed by atoms with E-state index in [1.54, 1.807) is 0 Å². The van der Waals surface area contributed by atoms with E-state index in [1.807, 2.05) is 0 Å². The van der Waals surface area contributed by atoms with Gasteiger partial charge in [-0.3, -0.25) is 12.2 Å². The van der Waals surface area contributed by atoms with Gasteiger partial charge in [-0.05, 0) is 0 Å². The van der Waals surface area contributed by atoms with Crippen molar-refractivity contribution in [3.8, 4) is 0 Å². The van der Waals surface area contributed by atoms with Gasteiger partial charge in [0.1, 0.15) is 0 Å². The summed E-state index contributed by atoms with van der Waals surface area (Å²) in [4.78, 5) is 0. The Morgan fingerprint density at radius 3 is 1.47 bits per heavy atom. The molecule has 0 aromatic rings. The van der Waals surface area contributed by atoms with Crippen LogP contribution in [0, 0.1) is 47.8 Å². The van der Waals surface area contributed by atoms with Crippen LogP contribution in [0.15, 0.2) is 35.5 Å². The van der Waals surface area contributed by atoms with Crippen molar-refractivity contribution in [1.29, 1.82) is 0 Å². The van der Waals surface area contributed by atoms with Crippen LogP contribution in [-0.2, 0) is 0 Å². The molecule has 0 aromatic carbocycles. The van der Waals surface area contributed by atoms with Gasteiger partial charge in [-0.25, -0.2) is 23.3 Å². The normalized spacial score (nSPS) is 16.4. The predicted molar refractivity (Wildman–Crippen MR) is 61.6 cm³/mol. The van der Waals surface area contributed by atoms with Gasteiger partial charge in [0, 0.05) is 35.6 Å². The van der Waals surface area contributed by atoms with Crippen molar-refractivity contribution in [2.75, 3.05) is 0 Å². The molecule has 0 nitrogen and oxygen atoms in total. The van der Waals surface area contributed by atoms with Gasteiger partial charge < -0.3 is 0 Å². The summed E-state index contributed by atoms with van der Waals surface area (Å²) in [7, 11) is 0. The third-order valence-electron chi connectivity index (χ3n) is 2.29. The second-order valence-electron chi connectivity index (χ2n) is 3.32. The topological polar surface area (TPSA) is 0 Å². The number of allylic oxidation sites excluding steroid dienone is 8. The van der Waals surface area contributed by atoms with E-state index in [0.717, 1.165) is 25.7 Å². The fraction of sp³-hybridized carbons (Fsp3) is 0.429. The number of rotatable bonds is 2. The standard InChI is InChI=1S/2C7H9.La/c2*1-2-7-5-3-4-6-7;/h2*3,5H,2,4H2,1H3;/q2*-1;. The summed E-state index contributed by atoms with van der Waals surface area (Å²) in [5, 5.41) is 0. The molecule has 0 N–H and O–H groups in total. The monoisotopic (exact) mass is 325 g/mol. The first kappa shape index (κ1) is 15.2. The van der Waals surface area contributed by atoms with Crippen LogP contribution in [0.5, 0.6) is 0 Å². The summed E-state index contributed by atoms with van der Waals surface area (Å²) in [6, 6.07) is 0. The summed E-state index contributed by atoms with van der Waals surface area (Å²) in [6.45, 7) is 4.30. The van der Waals surface area contributed by atoms with E-state index in [9.17, 15) is 0 Å². The van der Waals surface area contributed by atoms with Crippen molar-refractivity contribution >= 4 is 0 Å².